The summed E-state index contributed by atoms with van der Waals surface area (Å²) >= 11 is 0. The van der Waals surface area contributed by atoms with Crippen LogP contribution in [0.5, 0.6) is 5.75 Å². The van der Waals surface area contributed by atoms with Crippen LogP contribution < -0.4 is 10.3 Å². The fourth-order valence-electron chi connectivity index (χ4n) is 4.88. The molecule has 1 aromatic carbocycles. The molecule has 1 fully saturated rings. The summed E-state index contributed by atoms with van der Waals surface area (Å²) in [4.78, 5) is 19.8. The lowest BCUT2D eigenvalue weighted by atomic mass is 9.82. The molecule has 0 spiro atoms. The minimum atomic E-state index is 0.124. The van der Waals surface area contributed by atoms with Gasteiger partial charge in [-0.3, -0.25) is 14.7 Å². The second-order valence-corrected chi connectivity index (χ2v) is 8.16. The lowest BCUT2D eigenvalue weighted by Crippen LogP contribution is -2.46. The highest BCUT2D eigenvalue weighted by Gasteiger charge is 2.35. The summed E-state index contributed by atoms with van der Waals surface area (Å²) in [5, 5.41) is 0. The first-order chi connectivity index (χ1) is 14.2. The number of likely N-dealkylation sites (tertiary alicyclic amines) is 1. The van der Waals surface area contributed by atoms with E-state index < -0.39 is 0 Å². The third-order valence-electron chi connectivity index (χ3n) is 6.15. The number of pyridine rings is 2. The van der Waals surface area contributed by atoms with Gasteiger partial charge in [0, 0.05) is 56.1 Å². The van der Waals surface area contributed by atoms with Crippen LogP contribution >= 0.6 is 0 Å². The molecule has 2 aromatic heterocycles. The van der Waals surface area contributed by atoms with E-state index in [1.165, 1.54) is 5.69 Å². The topological polar surface area (TPSA) is 47.4 Å². The van der Waals surface area contributed by atoms with Crippen molar-refractivity contribution in [3.63, 3.8) is 0 Å². The van der Waals surface area contributed by atoms with Crippen LogP contribution in [0.15, 0.2) is 65.6 Å². The Kier molecular flexibility index (Phi) is 4.68. The molecule has 4 heterocycles. The minimum absolute atomic E-state index is 0.124. The maximum absolute atomic E-state index is 12.9. The first-order valence-corrected chi connectivity index (χ1v) is 10.2. The highest BCUT2D eigenvalue weighted by Crippen LogP contribution is 2.37. The normalized spacial score (nSPS) is 20.9. The van der Waals surface area contributed by atoms with Crippen molar-refractivity contribution >= 4 is 0 Å². The average Bonchev–Trinajstić information content (AvgIpc) is 2.75. The van der Waals surface area contributed by atoms with Crippen molar-refractivity contribution in [3.05, 3.63) is 82.5 Å². The number of hydrogen-bond acceptors (Lipinski definition) is 4. The van der Waals surface area contributed by atoms with E-state index in [0.717, 1.165) is 55.2 Å². The summed E-state index contributed by atoms with van der Waals surface area (Å²) in [5.41, 5.74) is 4.45. The van der Waals surface area contributed by atoms with Gasteiger partial charge in [-0.1, -0.05) is 30.3 Å². The predicted molar refractivity (Wildman–Crippen MR) is 113 cm³/mol. The van der Waals surface area contributed by atoms with Crippen molar-refractivity contribution in [1.29, 1.82) is 0 Å². The zero-order valence-corrected chi connectivity index (χ0v) is 16.6. The molecule has 148 valence electrons. The van der Waals surface area contributed by atoms with E-state index in [9.17, 15) is 4.79 Å². The van der Waals surface area contributed by atoms with Gasteiger partial charge in [0.2, 0.25) is 0 Å². The van der Waals surface area contributed by atoms with Crippen LogP contribution in [0.3, 0.4) is 0 Å². The Bertz CT molecular complexity index is 1080. The molecule has 29 heavy (non-hydrogen) atoms. The highest BCUT2D eigenvalue weighted by molar-refractivity contribution is 5.63. The number of benzene rings is 1. The number of ether oxygens (including phenoxy) is 1. The van der Waals surface area contributed by atoms with E-state index in [4.69, 9.17) is 4.74 Å². The van der Waals surface area contributed by atoms with E-state index in [-0.39, 0.29) is 5.56 Å². The van der Waals surface area contributed by atoms with E-state index >= 15 is 0 Å². The van der Waals surface area contributed by atoms with Gasteiger partial charge >= 0.3 is 0 Å². The Balaban J connectivity index is 1.43. The summed E-state index contributed by atoms with van der Waals surface area (Å²) in [6.07, 6.45) is 2.96. The summed E-state index contributed by atoms with van der Waals surface area (Å²) in [6.45, 7) is 3.57. The Hall–Kier alpha value is -2.92. The monoisotopic (exact) mass is 387 g/mol. The third-order valence-corrected chi connectivity index (χ3v) is 6.15. The molecular formula is C24H25N3O2. The summed E-state index contributed by atoms with van der Waals surface area (Å²) in [7, 11) is 1.68. The smallest absolute Gasteiger partial charge is 0.251 e. The van der Waals surface area contributed by atoms with Crippen molar-refractivity contribution in [1.82, 2.24) is 14.5 Å². The molecule has 5 rings (SSSR count). The molecular weight excluding hydrogens is 362 g/mol. The lowest BCUT2D eigenvalue weighted by Gasteiger charge is -2.42. The lowest BCUT2D eigenvalue weighted by molar-refractivity contribution is 0.113. The van der Waals surface area contributed by atoms with Crippen LogP contribution in [-0.4, -0.2) is 34.7 Å². The van der Waals surface area contributed by atoms with Gasteiger partial charge in [-0.05, 0) is 35.6 Å². The van der Waals surface area contributed by atoms with Crippen LogP contribution in [0, 0.1) is 5.92 Å². The van der Waals surface area contributed by atoms with Gasteiger partial charge in [0.25, 0.3) is 5.56 Å². The second-order valence-electron chi connectivity index (χ2n) is 8.16. The molecule has 2 atom stereocenters. The van der Waals surface area contributed by atoms with Gasteiger partial charge < -0.3 is 9.30 Å². The number of methoxy groups -OCH3 is 1. The number of nitrogens with zero attached hydrogens (tertiary/aromatic N) is 3. The third kappa shape index (κ3) is 3.58. The number of fused-ring (bicyclic) bond motifs is 4. The molecule has 3 aromatic rings. The van der Waals surface area contributed by atoms with E-state index in [1.54, 1.807) is 19.4 Å². The van der Waals surface area contributed by atoms with Gasteiger partial charge in [-0.15, -0.1) is 0 Å². The molecule has 0 saturated carbocycles. The molecule has 2 aliphatic heterocycles. The number of piperidine rings is 1. The molecule has 2 bridgehead atoms. The average molecular weight is 387 g/mol. The molecule has 0 N–H and O–H groups in total. The zero-order valence-electron chi connectivity index (χ0n) is 16.6. The van der Waals surface area contributed by atoms with Crippen molar-refractivity contribution in [2.75, 3.05) is 20.2 Å². The molecule has 5 heteroatoms. The van der Waals surface area contributed by atoms with Gasteiger partial charge in [-0.2, -0.15) is 0 Å². The minimum Gasteiger partial charge on any atom is -0.497 e. The van der Waals surface area contributed by atoms with Crippen LogP contribution in [0.25, 0.3) is 11.1 Å². The number of hydrogen-bond donors (Lipinski definition) is 0. The molecule has 2 aliphatic rings. The maximum atomic E-state index is 12.9. The Labute approximate surface area is 170 Å². The first kappa shape index (κ1) is 18.1. The van der Waals surface area contributed by atoms with Gasteiger partial charge in [0.1, 0.15) is 5.75 Å². The van der Waals surface area contributed by atoms with Gasteiger partial charge in [0.05, 0.1) is 12.8 Å². The van der Waals surface area contributed by atoms with Crippen molar-refractivity contribution in [2.45, 2.75) is 25.4 Å². The molecule has 0 radical (unpaired) electrons. The number of rotatable bonds is 4. The maximum Gasteiger partial charge on any atom is 0.251 e. The van der Waals surface area contributed by atoms with Crippen LogP contribution in [0.4, 0.5) is 0 Å². The summed E-state index contributed by atoms with van der Waals surface area (Å²) in [5.74, 6) is 1.73. The van der Waals surface area contributed by atoms with Crippen molar-refractivity contribution < 1.29 is 4.74 Å². The Morgan fingerprint density at radius 2 is 1.90 bits per heavy atom. The molecule has 0 unspecified atom stereocenters. The van der Waals surface area contributed by atoms with Crippen LogP contribution in [0.2, 0.25) is 0 Å². The van der Waals surface area contributed by atoms with E-state index in [2.05, 4.69) is 28.1 Å². The van der Waals surface area contributed by atoms with E-state index in [0.29, 0.717) is 11.8 Å². The van der Waals surface area contributed by atoms with Gasteiger partial charge in [-0.25, -0.2) is 0 Å². The highest BCUT2D eigenvalue weighted by atomic mass is 16.5. The zero-order chi connectivity index (χ0) is 19.8. The van der Waals surface area contributed by atoms with E-state index in [1.807, 2.05) is 34.9 Å². The van der Waals surface area contributed by atoms with Gasteiger partial charge in [0.15, 0.2) is 0 Å². The fourth-order valence-corrected chi connectivity index (χ4v) is 4.88. The Morgan fingerprint density at radius 3 is 2.72 bits per heavy atom. The molecule has 0 aliphatic carbocycles. The first-order valence-electron chi connectivity index (χ1n) is 10.2. The van der Waals surface area contributed by atoms with Crippen molar-refractivity contribution in [2.24, 2.45) is 5.92 Å². The molecule has 5 nitrogen and oxygen atoms in total. The van der Waals surface area contributed by atoms with Crippen LogP contribution in [-0.2, 0) is 13.1 Å². The quantitative estimate of drug-likeness (QED) is 0.687. The molecule has 1 saturated heterocycles. The summed E-state index contributed by atoms with van der Waals surface area (Å²) in [6, 6.07) is 18.1. The Morgan fingerprint density at radius 1 is 1.03 bits per heavy atom. The summed E-state index contributed by atoms with van der Waals surface area (Å²) < 4.78 is 7.34. The second kappa shape index (κ2) is 7.48. The standard InChI is InChI=1S/C24H25N3O2/c1-29-22-7-8-25-21(12-22)16-26-13-17-9-20(15-26)23-10-19(11-24(28)27(23)14-17)18-5-3-2-4-6-18/h2-8,10-12,17,20H,9,13-16H2,1H3/t17-,20+/m0/s1. The van der Waals surface area contributed by atoms with Crippen LogP contribution in [0.1, 0.15) is 23.7 Å². The predicted octanol–water partition coefficient (Wildman–Crippen LogP) is 3.54. The number of aromatic nitrogens is 2. The molecule has 0 amide bonds. The largest absolute Gasteiger partial charge is 0.497 e. The SMILES string of the molecule is COc1ccnc(CN2C[C@@H]3C[C@H](C2)c2cc(-c4ccccc4)cc(=O)n2C3)c1. The van der Waals surface area contributed by atoms with Crippen molar-refractivity contribution in [3.8, 4) is 16.9 Å². The fraction of sp³-hybridized carbons (Fsp3) is 0.333.